The summed E-state index contributed by atoms with van der Waals surface area (Å²) in [6.07, 6.45) is 0. The van der Waals surface area contributed by atoms with Crippen LogP contribution in [0.15, 0.2) is 23.1 Å². The maximum atomic E-state index is 12.6. The first-order chi connectivity index (χ1) is 10.8. The van der Waals surface area contributed by atoms with Crippen molar-refractivity contribution in [2.75, 3.05) is 26.2 Å². The Hall–Kier alpha value is -1.62. The summed E-state index contributed by atoms with van der Waals surface area (Å²) in [6.45, 7) is 6.14. The summed E-state index contributed by atoms with van der Waals surface area (Å²) in [5, 5.41) is 8.93. The number of nitrogens with zero attached hydrogens (tertiary/aromatic N) is 3. The van der Waals surface area contributed by atoms with Gasteiger partial charge in [-0.25, -0.2) is 8.42 Å². The minimum absolute atomic E-state index is 0.0157. The van der Waals surface area contributed by atoms with Gasteiger partial charge in [0, 0.05) is 19.6 Å². The Bertz CT molecular complexity index is 709. The standard InChI is InChI=1S/C15H20ClN3O3S/c1-4-18(10-9-17)15(20)13-11-12(7-8-14(13)16)23(21,22)19(5-2)6-3/h7-8,11H,4-6,10H2,1-3H3. The summed E-state index contributed by atoms with van der Waals surface area (Å²) >= 11 is 6.05. The van der Waals surface area contributed by atoms with Gasteiger partial charge in [-0.2, -0.15) is 9.57 Å². The number of carbonyl (C=O) groups excluding carboxylic acids is 1. The van der Waals surface area contributed by atoms with Crippen LogP contribution >= 0.6 is 11.6 Å². The van der Waals surface area contributed by atoms with Gasteiger partial charge in [0.1, 0.15) is 6.54 Å². The number of benzene rings is 1. The minimum Gasteiger partial charge on any atom is -0.326 e. The normalized spacial score (nSPS) is 11.3. The number of carbonyl (C=O) groups is 1. The van der Waals surface area contributed by atoms with Gasteiger partial charge < -0.3 is 4.90 Å². The average Bonchev–Trinajstić information content (AvgIpc) is 2.53. The van der Waals surface area contributed by atoms with Crippen molar-refractivity contribution in [3.63, 3.8) is 0 Å². The van der Waals surface area contributed by atoms with Crippen molar-refractivity contribution in [1.82, 2.24) is 9.21 Å². The molecule has 0 aliphatic heterocycles. The van der Waals surface area contributed by atoms with Crippen LogP contribution in [0.3, 0.4) is 0 Å². The van der Waals surface area contributed by atoms with Gasteiger partial charge in [0.15, 0.2) is 0 Å². The Labute approximate surface area is 142 Å². The number of amides is 1. The smallest absolute Gasteiger partial charge is 0.256 e. The zero-order valence-electron chi connectivity index (χ0n) is 13.4. The van der Waals surface area contributed by atoms with Crippen LogP contribution in [0, 0.1) is 11.3 Å². The first-order valence-corrected chi connectivity index (χ1v) is 9.11. The van der Waals surface area contributed by atoms with Crippen molar-refractivity contribution in [2.24, 2.45) is 0 Å². The molecule has 0 spiro atoms. The van der Waals surface area contributed by atoms with E-state index < -0.39 is 15.9 Å². The summed E-state index contributed by atoms with van der Waals surface area (Å²) < 4.78 is 26.4. The fourth-order valence-corrected chi connectivity index (χ4v) is 3.81. The number of rotatable bonds is 7. The second-order valence-corrected chi connectivity index (χ2v) is 7.05. The predicted molar refractivity (Wildman–Crippen MR) is 88.7 cm³/mol. The highest BCUT2D eigenvalue weighted by atomic mass is 35.5. The number of nitriles is 1. The Kier molecular flexibility index (Phi) is 7.01. The topological polar surface area (TPSA) is 81.5 Å². The zero-order valence-corrected chi connectivity index (χ0v) is 15.0. The molecule has 1 aromatic rings. The van der Waals surface area contributed by atoms with Crippen LogP contribution < -0.4 is 0 Å². The van der Waals surface area contributed by atoms with Gasteiger partial charge in [0.05, 0.1) is 21.6 Å². The SMILES string of the molecule is CCN(CC#N)C(=O)c1cc(S(=O)(=O)N(CC)CC)ccc1Cl. The molecule has 0 aliphatic carbocycles. The Morgan fingerprint density at radius 3 is 2.30 bits per heavy atom. The molecule has 8 heteroatoms. The summed E-state index contributed by atoms with van der Waals surface area (Å²) in [6, 6.07) is 5.96. The second-order valence-electron chi connectivity index (χ2n) is 4.71. The number of halogens is 1. The van der Waals surface area contributed by atoms with E-state index in [1.54, 1.807) is 20.8 Å². The molecular weight excluding hydrogens is 338 g/mol. The quantitative estimate of drug-likeness (QED) is 0.701. The molecule has 1 aromatic carbocycles. The highest BCUT2D eigenvalue weighted by molar-refractivity contribution is 7.89. The molecule has 126 valence electrons. The molecule has 0 atom stereocenters. The molecule has 0 bridgehead atoms. The highest BCUT2D eigenvalue weighted by Gasteiger charge is 2.25. The van der Waals surface area contributed by atoms with E-state index in [0.717, 1.165) is 0 Å². The van der Waals surface area contributed by atoms with Crippen LogP contribution in [0.25, 0.3) is 0 Å². The second kappa shape index (κ2) is 8.29. The van der Waals surface area contributed by atoms with Gasteiger partial charge in [-0.15, -0.1) is 0 Å². The van der Waals surface area contributed by atoms with Crippen LogP contribution in [0.2, 0.25) is 5.02 Å². The van der Waals surface area contributed by atoms with Crippen molar-refractivity contribution < 1.29 is 13.2 Å². The molecule has 0 radical (unpaired) electrons. The Balaban J connectivity index is 3.34. The molecule has 0 unspecified atom stereocenters. The van der Waals surface area contributed by atoms with Gasteiger partial charge in [0.2, 0.25) is 10.0 Å². The van der Waals surface area contributed by atoms with Crippen molar-refractivity contribution in [3.05, 3.63) is 28.8 Å². The van der Waals surface area contributed by atoms with Crippen molar-refractivity contribution in [1.29, 1.82) is 5.26 Å². The molecule has 0 saturated heterocycles. The van der Waals surface area contributed by atoms with Crippen LogP contribution in [0.5, 0.6) is 0 Å². The number of hydrogen-bond donors (Lipinski definition) is 0. The van der Waals surface area contributed by atoms with Crippen molar-refractivity contribution in [3.8, 4) is 6.07 Å². The van der Waals surface area contributed by atoms with E-state index in [1.165, 1.54) is 27.4 Å². The summed E-state index contributed by atoms with van der Waals surface area (Å²) in [5.74, 6) is -0.462. The van der Waals surface area contributed by atoms with E-state index in [2.05, 4.69) is 0 Å². The summed E-state index contributed by atoms with van der Waals surface area (Å²) in [7, 11) is -3.68. The first kappa shape index (κ1) is 19.4. The van der Waals surface area contributed by atoms with E-state index in [1.807, 2.05) is 6.07 Å². The summed E-state index contributed by atoms with van der Waals surface area (Å²) in [4.78, 5) is 13.8. The molecule has 0 N–H and O–H groups in total. The summed E-state index contributed by atoms with van der Waals surface area (Å²) in [5.41, 5.74) is 0.0806. The largest absolute Gasteiger partial charge is 0.326 e. The van der Waals surface area contributed by atoms with Crippen LogP contribution in [-0.2, 0) is 10.0 Å². The lowest BCUT2D eigenvalue weighted by Crippen LogP contribution is -2.32. The third-order valence-electron chi connectivity index (χ3n) is 3.44. The minimum atomic E-state index is -3.68. The molecule has 1 rings (SSSR count). The molecule has 0 heterocycles. The number of hydrogen-bond acceptors (Lipinski definition) is 4. The van der Waals surface area contributed by atoms with E-state index >= 15 is 0 Å². The first-order valence-electron chi connectivity index (χ1n) is 7.29. The molecular formula is C15H20ClN3O3S. The van der Waals surface area contributed by atoms with Gasteiger partial charge >= 0.3 is 0 Å². The van der Waals surface area contributed by atoms with Gasteiger partial charge in [-0.1, -0.05) is 25.4 Å². The molecule has 6 nitrogen and oxygen atoms in total. The lowest BCUT2D eigenvalue weighted by Gasteiger charge is -2.21. The fraction of sp³-hybridized carbons (Fsp3) is 0.467. The molecule has 23 heavy (non-hydrogen) atoms. The van der Waals surface area contributed by atoms with Gasteiger partial charge in [-0.05, 0) is 25.1 Å². The van der Waals surface area contributed by atoms with Crippen LogP contribution in [0.1, 0.15) is 31.1 Å². The molecule has 0 aliphatic rings. The molecule has 0 saturated carbocycles. The Morgan fingerprint density at radius 2 is 1.83 bits per heavy atom. The van der Waals surface area contributed by atoms with Crippen LogP contribution in [0.4, 0.5) is 0 Å². The molecule has 0 fully saturated rings. The lowest BCUT2D eigenvalue weighted by atomic mass is 10.2. The van der Waals surface area contributed by atoms with E-state index in [9.17, 15) is 13.2 Å². The van der Waals surface area contributed by atoms with E-state index in [4.69, 9.17) is 16.9 Å². The predicted octanol–water partition coefficient (Wildman–Crippen LogP) is 2.36. The van der Waals surface area contributed by atoms with Gasteiger partial charge in [0.25, 0.3) is 5.91 Å². The van der Waals surface area contributed by atoms with Crippen molar-refractivity contribution in [2.45, 2.75) is 25.7 Å². The van der Waals surface area contributed by atoms with E-state index in [-0.39, 0.29) is 22.0 Å². The van der Waals surface area contributed by atoms with Crippen molar-refractivity contribution >= 4 is 27.5 Å². The van der Waals surface area contributed by atoms with E-state index in [0.29, 0.717) is 19.6 Å². The third kappa shape index (κ3) is 4.22. The van der Waals surface area contributed by atoms with Gasteiger partial charge in [-0.3, -0.25) is 4.79 Å². The lowest BCUT2D eigenvalue weighted by molar-refractivity contribution is 0.0784. The Morgan fingerprint density at radius 1 is 1.22 bits per heavy atom. The average molecular weight is 358 g/mol. The highest BCUT2D eigenvalue weighted by Crippen LogP contribution is 2.24. The maximum Gasteiger partial charge on any atom is 0.256 e. The third-order valence-corrected chi connectivity index (χ3v) is 5.82. The fourth-order valence-electron chi connectivity index (χ4n) is 2.12. The molecule has 0 aromatic heterocycles. The zero-order chi connectivity index (χ0) is 17.6. The maximum absolute atomic E-state index is 12.6. The van der Waals surface area contributed by atoms with Crippen LogP contribution in [-0.4, -0.2) is 49.7 Å². The monoisotopic (exact) mass is 357 g/mol. The number of sulfonamides is 1. The molecule has 1 amide bonds.